The van der Waals surface area contributed by atoms with Crippen LogP contribution in [0.1, 0.15) is 34.5 Å². The quantitative estimate of drug-likeness (QED) is 0.512. The summed E-state index contributed by atoms with van der Waals surface area (Å²) in [5, 5.41) is 2.84. The molecule has 1 aliphatic rings. The SMILES string of the molecule is Cc1ccc(-c2nc(COC(=O)c3ccc(OCC4CCCO4)cc3)cs2)cc1. The summed E-state index contributed by atoms with van der Waals surface area (Å²) in [7, 11) is 0. The summed E-state index contributed by atoms with van der Waals surface area (Å²) in [6.45, 7) is 3.55. The molecular formula is C23H23NO4S. The molecule has 2 aromatic carbocycles. The zero-order valence-corrected chi connectivity index (χ0v) is 17.1. The lowest BCUT2D eigenvalue weighted by atomic mass is 10.2. The van der Waals surface area contributed by atoms with Gasteiger partial charge in [-0.25, -0.2) is 9.78 Å². The van der Waals surface area contributed by atoms with E-state index in [2.05, 4.69) is 24.0 Å². The van der Waals surface area contributed by atoms with Gasteiger partial charge in [-0.3, -0.25) is 0 Å². The smallest absolute Gasteiger partial charge is 0.338 e. The van der Waals surface area contributed by atoms with E-state index in [-0.39, 0.29) is 18.7 Å². The van der Waals surface area contributed by atoms with Crippen molar-refractivity contribution in [3.8, 4) is 16.3 Å². The number of carbonyl (C=O) groups excluding carboxylic acids is 1. The molecule has 0 N–H and O–H groups in total. The first-order valence-electron chi connectivity index (χ1n) is 9.70. The number of aryl methyl sites for hydroxylation is 1. The van der Waals surface area contributed by atoms with Gasteiger partial charge >= 0.3 is 5.97 Å². The highest BCUT2D eigenvalue weighted by molar-refractivity contribution is 7.13. The molecular weight excluding hydrogens is 386 g/mol. The third-order valence-corrected chi connectivity index (χ3v) is 5.69. The van der Waals surface area contributed by atoms with Crippen LogP contribution in [0.2, 0.25) is 0 Å². The number of ether oxygens (including phenoxy) is 3. The van der Waals surface area contributed by atoms with Gasteiger partial charge in [-0.2, -0.15) is 0 Å². The Morgan fingerprint density at radius 2 is 1.97 bits per heavy atom. The van der Waals surface area contributed by atoms with E-state index >= 15 is 0 Å². The Bertz CT molecular complexity index is 944. The maximum Gasteiger partial charge on any atom is 0.338 e. The van der Waals surface area contributed by atoms with Gasteiger partial charge in [0.2, 0.25) is 0 Å². The van der Waals surface area contributed by atoms with Gasteiger partial charge in [-0.15, -0.1) is 11.3 Å². The lowest BCUT2D eigenvalue weighted by Crippen LogP contribution is -2.16. The molecule has 0 bridgehead atoms. The van der Waals surface area contributed by atoms with Crippen molar-refractivity contribution in [3.63, 3.8) is 0 Å². The maximum absolute atomic E-state index is 12.3. The number of carbonyl (C=O) groups is 1. The fourth-order valence-corrected chi connectivity index (χ4v) is 3.89. The van der Waals surface area contributed by atoms with E-state index in [1.165, 1.54) is 5.56 Å². The summed E-state index contributed by atoms with van der Waals surface area (Å²) < 4.78 is 16.7. The van der Waals surface area contributed by atoms with Gasteiger partial charge < -0.3 is 14.2 Å². The maximum atomic E-state index is 12.3. The highest BCUT2D eigenvalue weighted by Gasteiger charge is 2.16. The molecule has 1 aliphatic heterocycles. The summed E-state index contributed by atoms with van der Waals surface area (Å²) in [6.07, 6.45) is 2.29. The topological polar surface area (TPSA) is 57.7 Å². The van der Waals surface area contributed by atoms with Crippen molar-refractivity contribution in [2.75, 3.05) is 13.2 Å². The Morgan fingerprint density at radius 1 is 1.17 bits per heavy atom. The second kappa shape index (κ2) is 9.20. The van der Waals surface area contributed by atoms with Gasteiger partial charge in [0.1, 0.15) is 24.0 Å². The second-order valence-electron chi connectivity index (χ2n) is 7.06. The molecule has 1 unspecified atom stereocenters. The monoisotopic (exact) mass is 409 g/mol. The van der Waals surface area contributed by atoms with Crippen molar-refractivity contribution in [2.45, 2.75) is 32.5 Å². The standard InChI is InChI=1S/C23H23NO4S/c1-16-4-6-17(7-5-16)22-24-19(15-29-22)13-28-23(25)18-8-10-20(11-9-18)27-14-21-3-2-12-26-21/h4-11,15,21H,2-3,12-14H2,1H3. The van der Waals surface area contributed by atoms with E-state index in [1.54, 1.807) is 35.6 Å². The predicted molar refractivity (Wildman–Crippen MR) is 112 cm³/mol. The highest BCUT2D eigenvalue weighted by Crippen LogP contribution is 2.24. The summed E-state index contributed by atoms with van der Waals surface area (Å²) in [6, 6.07) is 15.2. The third-order valence-electron chi connectivity index (χ3n) is 4.75. The lowest BCUT2D eigenvalue weighted by Gasteiger charge is -2.11. The molecule has 29 heavy (non-hydrogen) atoms. The molecule has 4 rings (SSSR count). The van der Waals surface area contributed by atoms with Gasteiger partial charge in [0.25, 0.3) is 0 Å². The van der Waals surface area contributed by atoms with Crippen LogP contribution in [0.15, 0.2) is 53.9 Å². The van der Waals surface area contributed by atoms with E-state index < -0.39 is 0 Å². The fraction of sp³-hybridized carbons (Fsp3) is 0.304. The zero-order valence-electron chi connectivity index (χ0n) is 16.3. The van der Waals surface area contributed by atoms with Crippen LogP contribution in [-0.4, -0.2) is 30.3 Å². The minimum absolute atomic E-state index is 0.151. The number of hydrogen-bond donors (Lipinski definition) is 0. The zero-order chi connectivity index (χ0) is 20.1. The number of benzene rings is 2. The predicted octanol–water partition coefficient (Wildman–Crippen LogP) is 5.03. The molecule has 0 saturated carbocycles. The van der Waals surface area contributed by atoms with Crippen LogP contribution in [0, 0.1) is 6.92 Å². The molecule has 0 aliphatic carbocycles. The third kappa shape index (κ3) is 5.22. The summed E-state index contributed by atoms with van der Waals surface area (Å²) >= 11 is 1.54. The Labute approximate surface area is 174 Å². The Hall–Kier alpha value is -2.70. The van der Waals surface area contributed by atoms with Crippen molar-refractivity contribution < 1.29 is 19.0 Å². The Morgan fingerprint density at radius 3 is 2.69 bits per heavy atom. The minimum atomic E-state index is -0.374. The van der Waals surface area contributed by atoms with Crippen molar-refractivity contribution >= 4 is 17.3 Å². The van der Waals surface area contributed by atoms with E-state index in [0.29, 0.717) is 12.2 Å². The minimum Gasteiger partial charge on any atom is -0.491 e. The summed E-state index contributed by atoms with van der Waals surface area (Å²) in [5.74, 6) is 0.347. The van der Waals surface area contributed by atoms with Crippen LogP contribution in [0.3, 0.4) is 0 Å². The molecule has 5 nitrogen and oxygen atoms in total. The number of hydrogen-bond acceptors (Lipinski definition) is 6. The first-order valence-corrected chi connectivity index (χ1v) is 10.6. The van der Waals surface area contributed by atoms with E-state index in [9.17, 15) is 4.79 Å². The molecule has 0 spiro atoms. The molecule has 0 amide bonds. The van der Waals surface area contributed by atoms with Crippen LogP contribution >= 0.6 is 11.3 Å². The number of esters is 1. The van der Waals surface area contributed by atoms with Crippen molar-refractivity contribution in [1.82, 2.24) is 4.98 Å². The van der Waals surface area contributed by atoms with Crippen LogP contribution < -0.4 is 4.74 Å². The highest BCUT2D eigenvalue weighted by atomic mass is 32.1. The van der Waals surface area contributed by atoms with Gasteiger partial charge in [-0.1, -0.05) is 29.8 Å². The van der Waals surface area contributed by atoms with Gasteiger partial charge in [-0.05, 0) is 44.0 Å². The molecule has 1 aromatic heterocycles. The van der Waals surface area contributed by atoms with Crippen LogP contribution in [0.4, 0.5) is 0 Å². The summed E-state index contributed by atoms with van der Waals surface area (Å²) in [4.78, 5) is 16.9. The molecule has 0 radical (unpaired) electrons. The largest absolute Gasteiger partial charge is 0.491 e. The van der Waals surface area contributed by atoms with Crippen LogP contribution in [0.25, 0.3) is 10.6 Å². The number of thiazole rings is 1. The van der Waals surface area contributed by atoms with Crippen molar-refractivity contribution in [2.24, 2.45) is 0 Å². The number of aromatic nitrogens is 1. The summed E-state index contributed by atoms with van der Waals surface area (Å²) in [5.41, 5.74) is 3.51. The fourth-order valence-electron chi connectivity index (χ4n) is 3.08. The van der Waals surface area contributed by atoms with Crippen molar-refractivity contribution in [3.05, 3.63) is 70.7 Å². The Kier molecular flexibility index (Phi) is 6.22. The van der Waals surface area contributed by atoms with Gasteiger partial charge in [0.05, 0.1) is 17.4 Å². The van der Waals surface area contributed by atoms with Crippen molar-refractivity contribution in [1.29, 1.82) is 0 Å². The lowest BCUT2D eigenvalue weighted by molar-refractivity contribution is 0.0468. The molecule has 2 heterocycles. The van der Waals surface area contributed by atoms with Gasteiger partial charge in [0.15, 0.2) is 0 Å². The first kappa shape index (κ1) is 19.6. The molecule has 150 valence electrons. The average molecular weight is 410 g/mol. The normalized spacial score (nSPS) is 16.0. The molecule has 6 heteroatoms. The number of rotatable bonds is 7. The van der Waals surface area contributed by atoms with Gasteiger partial charge in [0, 0.05) is 17.6 Å². The van der Waals surface area contributed by atoms with E-state index in [0.717, 1.165) is 41.5 Å². The molecule has 1 fully saturated rings. The molecule has 1 atom stereocenters. The second-order valence-corrected chi connectivity index (χ2v) is 7.91. The average Bonchev–Trinajstić information content (AvgIpc) is 3.44. The van der Waals surface area contributed by atoms with E-state index in [4.69, 9.17) is 14.2 Å². The van der Waals surface area contributed by atoms with Crippen LogP contribution in [-0.2, 0) is 16.1 Å². The first-order chi connectivity index (χ1) is 14.2. The molecule has 1 saturated heterocycles. The Balaban J connectivity index is 1.28. The van der Waals surface area contributed by atoms with E-state index in [1.807, 2.05) is 17.5 Å². The van der Waals surface area contributed by atoms with Crippen LogP contribution in [0.5, 0.6) is 5.75 Å². The number of nitrogens with zero attached hydrogens (tertiary/aromatic N) is 1. The molecule has 3 aromatic rings.